The summed E-state index contributed by atoms with van der Waals surface area (Å²) < 4.78 is 13.5. The Kier molecular flexibility index (Phi) is 5.07. The van der Waals surface area contributed by atoms with E-state index >= 15 is 0 Å². The fourth-order valence-corrected chi connectivity index (χ4v) is 4.39. The summed E-state index contributed by atoms with van der Waals surface area (Å²) in [6, 6.07) is 16.4. The van der Waals surface area contributed by atoms with Crippen LogP contribution in [0.25, 0.3) is 11.0 Å². The first-order valence-electron chi connectivity index (χ1n) is 10.7. The van der Waals surface area contributed by atoms with Gasteiger partial charge in [0.2, 0.25) is 5.91 Å². The first-order valence-corrected chi connectivity index (χ1v) is 10.7. The van der Waals surface area contributed by atoms with Crippen LogP contribution in [0.4, 0.5) is 0 Å². The molecule has 1 amide bonds. The molecule has 2 heterocycles. The first-order chi connectivity index (χ1) is 14.7. The van der Waals surface area contributed by atoms with Crippen LogP contribution in [0.1, 0.15) is 37.4 Å². The topological polar surface area (TPSA) is 56.6 Å². The number of fused-ring (bicyclic) bond motifs is 1. The molecule has 3 aromatic rings. The van der Waals surface area contributed by atoms with Crippen molar-refractivity contribution in [1.29, 1.82) is 0 Å². The molecule has 1 aliphatic heterocycles. The number of hydrogen-bond donors (Lipinski definition) is 0. The summed E-state index contributed by atoms with van der Waals surface area (Å²) in [5.74, 6) is 3.09. The van der Waals surface area contributed by atoms with Gasteiger partial charge in [0.1, 0.15) is 17.3 Å². The van der Waals surface area contributed by atoms with Gasteiger partial charge < -0.3 is 18.9 Å². The van der Waals surface area contributed by atoms with E-state index < -0.39 is 0 Å². The Morgan fingerprint density at radius 2 is 1.93 bits per heavy atom. The molecule has 0 bridgehead atoms. The van der Waals surface area contributed by atoms with Gasteiger partial charge in [-0.05, 0) is 43.5 Å². The molecule has 2 aliphatic rings. The number of likely N-dealkylation sites (tertiary alicyclic amines) is 1. The number of hydrogen-bond acceptors (Lipinski definition) is 4. The third-order valence-electron chi connectivity index (χ3n) is 6.03. The number of ether oxygens (including phenoxy) is 2. The summed E-state index contributed by atoms with van der Waals surface area (Å²) in [5.41, 5.74) is 2.13. The van der Waals surface area contributed by atoms with Crippen molar-refractivity contribution in [2.45, 2.75) is 44.2 Å². The number of amides is 1. The number of aryl methyl sites for hydroxylation is 1. The number of benzene rings is 2. The molecule has 0 spiro atoms. The van der Waals surface area contributed by atoms with Crippen molar-refractivity contribution in [1.82, 2.24) is 14.5 Å². The lowest BCUT2D eigenvalue weighted by Crippen LogP contribution is -2.27. The Balaban J connectivity index is 1.30. The van der Waals surface area contributed by atoms with E-state index in [1.165, 1.54) is 0 Å². The van der Waals surface area contributed by atoms with Crippen molar-refractivity contribution in [2.24, 2.45) is 0 Å². The Morgan fingerprint density at radius 3 is 2.77 bits per heavy atom. The second kappa shape index (κ2) is 8.01. The SMILES string of the molecule is COc1cccc(OCCCn2c(C3CC(=O)N(C4CC4)C3)nc3ccccc32)c1. The average Bonchev–Trinajstić information content (AvgIpc) is 3.44. The lowest BCUT2D eigenvalue weighted by atomic mass is 10.1. The van der Waals surface area contributed by atoms with Crippen molar-refractivity contribution in [2.75, 3.05) is 20.3 Å². The number of methoxy groups -OCH3 is 1. The maximum absolute atomic E-state index is 12.5. The van der Waals surface area contributed by atoms with E-state index in [0.717, 1.165) is 60.7 Å². The van der Waals surface area contributed by atoms with Crippen molar-refractivity contribution < 1.29 is 14.3 Å². The highest BCUT2D eigenvalue weighted by Crippen LogP contribution is 2.37. The number of rotatable bonds is 8. The molecule has 6 heteroatoms. The van der Waals surface area contributed by atoms with Crippen molar-refractivity contribution in [3.05, 3.63) is 54.4 Å². The Hall–Kier alpha value is -3.02. The van der Waals surface area contributed by atoms with Crippen LogP contribution in [0, 0.1) is 0 Å². The summed E-state index contributed by atoms with van der Waals surface area (Å²) >= 11 is 0. The van der Waals surface area contributed by atoms with Crippen LogP contribution in [0.3, 0.4) is 0 Å². The van der Waals surface area contributed by atoms with Gasteiger partial charge in [-0.15, -0.1) is 0 Å². The summed E-state index contributed by atoms with van der Waals surface area (Å²) in [5, 5.41) is 0. The second-order valence-electron chi connectivity index (χ2n) is 8.17. The molecule has 1 aliphatic carbocycles. The van der Waals surface area contributed by atoms with E-state index in [4.69, 9.17) is 14.5 Å². The molecule has 5 rings (SSSR count). The largest absolute Gasteiger partial charge is 0.497 e. The number of aromatic nitrogens is 2. The molecule has 2 fully saturated rings. The van der Waals surface area contributed by atoms with E-state index in [-0.39, 0.29) is 11.8 Å². The fourth-order valence-electron chi connectivity index (χ4n) is 4.39. The molecule has 0 radical (unpaired) electrons. The quantitative estimate of drug-likeness (QED) is 0.532. The minimum atomic E-state index is 0.171. The molecule has 1 atom stereocenters. The van der Waals surface area contributed by atoms with E-state index in [9.17, 15) is 4.79 Å². The maximum atomic E-state index is 12.5. The highest BCUT2D eigenvalue weighted by atomic mass is 16.5. The van der Waals surface area contributed by atoms with Crippen molar-refractivity contribution >= 4 is 16.9 Å². The Labute approximate surface area is 176 Å². The molecule has 1 saturated heterocycles. The Morgan fingerprint density at radius 1 is 1.10 bits per heavy atom. The number of nitrogens with zero attached hydrogens (tertiary/aromatic N) is 3. The third-order valence-corrected chi connectivity index (χ3v) is 6.03. The average molecular weight is 405 g/mol. The van der Waals surface area contributed by atoms with Gasteiger partial charge in [-0.3, -0.25) is 4.79 Å². The van der Waals surface area contributed by atoms with Gasteiger partial charge >= 0.3 is 0 Å². The van der Waals surface area contributed by atoms with E-state index in [2.05, 4.69) is 21.6 Å². The zero-order valence-electron chi connectivity index (χ0n) is 17.3. The third kappa shape index (κ3) is 3.74. The minimum Gasteiger partial charge on any atom is -0.497 e. The summed E-state index contributed by atoms with van der Waals surface area (Å²) in [4.78, 5) is 19.5. The van der Waals surface area contributed by atoms with Gasteiger partial charge in [0.25, 0.3) is 0 Å². The van der Waals surface area contributed by atoms with Crippen molar-refractivity contribution in [3.8, 4) is 11.5 Å². The molecule has 156 valence electrons. The molecule has 6 nitrogen and oxygen atoms in total. The van der Waals surface area contributed by atoms with Crippen LogP contribution in [0.5, 0.6) is 11.5 Å². The maximum Gasteiger partial charge on any atom is 0.223 e. The zero-order chi connectivity index (χ0) is 20.5. The molecular weight excluding hydrogens is 378 g/mol. The van der Waals surface area contributed by atoms with E-state index in [1.54, 1.807) is 7.11 Å². The molecule has 1 aromatic heterocycles. The predicted octanol–water partition coefficient (Wildman–Crippen LogP) is 3.99. The van der Waals surface area contributed by atoms with Gasteiger partial charge in [0.05, 0.1) is 24.8 Å². The minimum absolute atomic E-state index is 0.171. The van der Waals surface area contributed by atoms with Gasteiger partial charge in [-0.1, -0.05) is 18.2 Å². The number of carbonyl (C=O) groups is 1. The molecule has 1 saturated carbocycles. The fraction of sp³-hybridized carbons (Fsp3) is 0.417. The van der Waals surface area contributed by atoms with E-state index in [0.29, 0.717) is 19.1 Å². The zero-order valence-corrected chi connectivity index (χ0v) is 17.3. The van der Waals surface area contributed by atoms with Gasteiger partial charge in [-0.25, -0.2) is 4.98 Å². The molecule has 1 unspecified atom stereocenters. The number of para-hydroxylation sites is 2. The van der Waals surface area contributed by atoms with Gasteiger partial charge in [0.15, 0.2) is 0 Å². The van der Waals surface area contributed by atoms with Crippen molar-refractivity contribution in [3.63, 3.8) is 0 Å². The molecular formula is C24H27N3O3. The lowest BCUT2D eigenvalue weighted by molar-refractivity contribution is -0.128. The molecule has 30 heavy (non-hydrogen) atoms. The smallest absolute Gasteiger partial charge is 0.223 e. The normalized spacial score (nSPS) is 18.9. The summed E-state index contributed by atoms with van der Waals surface area (Å²) in [6.07, 6.45) is 3.73. The molecule has 2 aromatic carbocycles. The predicted molar refractivity (Wildman–Crippen MR) is 115 cm³/mol. The van der Waals surface area contributed by atoms with Crippen LogP contribution in [0.2, 0.25) is 0 Å². The first kappa shape index (κ1) is 19.0. The Bertz CT molecular complexity index is 1060. The highest BCUT2D eigenvalue weighted by Gasteiger charge is 2.41. The number of carbonyl (C=O) groups excluding carboxylic acids is 1. The summed E-state index contributed by atoms with van der Waals surface area (Å²) in [7, 11) is 1.66. The van der Waals surface area contributed by atoms with Gasteiger partial charge in [-0.2, -0.15) is 0 Å². The molecule has 0 N–H and O–H groups in total. The standard InChI is InChI=1S/C24H27N3O3/c1-29-19-6-4-7-20(15-19)30-13-5-12-26-22-9-3-2-8-21(22)25-24(26)17-14-23(28)27(16-17)18-10-11-18/h2-4,6-9,15,17-18H,5,10-14,16H2,1H3. The van der Waals surface area contributed by atoms with E-state index in [1.807, 2.05) is 36.4 Å². The van der Waals surface area contributed by atoms with Crippen LogP contribution >= 0.6 is 0 Å². The number of imidazole rings is 1. The van der Waals surface area contributed by atoms with Crippen LogP contribution in [-0.2, 0) is 11.3 Å². The van der Waals surface area contributed by atoms with Crippen LogP contribution in [-0.4, -0.2) is 46.7 Å². The highest BCUT2D eigenvalue weighted by molar-refractivity contribution is 5.81. The second-order valence-corrected chi connectivity index (χ2v) is 8.17. The monoisotopic (exact) mass is 405 g/mol. The van der Waals surface area contributed by atoms with Crippen LogP contribution < -0.4 is 9.47 Å². The lowest BCUT2D eigenvalue weighted by Gasteiger charge is -2.16. The van der Waals surface area contributed by atoms with Crippen LogP contribution in [0.15, 0.2) is 48.5 Å². The van der Waals surface area contributed by atoms with Gasteiger partial charge in [0, 0.05) is 37.5 Å². The summed E-state index contributed by atoms with van der Waals surface area (Å²) in [6.45, 7) is 2.22.